The van der Waals surface area contributed by atoms with Crippen molar-refractivity contribution in [2.45, 2.75) is 12.5 Å². The molecule has 1 fully saturated rings. The van der Waals surface area contributed by atoms with Crippen LogP contribution in [0.3, 0.4) is 0 Å². The summed E-state index contributed by atoms with van der Waals surface area (Å²) >= 11 is 4.61. The van der Waals surface area contributed by atoms with Gasteiger partial charge in [0.25, 0.3) is 0 Å². The Labute approximate surface area is 162 Å². The maximum Gasteiger partial charge on any atom is 0.184 e. The molecule has 0 saturated carbocycles. The van der Waals surface area contributed by atoms with Crippen molar-refractivity contribution in [3.8, 4) is 0 Å². The Morgan fingerprint density at radius 2 is 2.07 bits per heavy atom. The van der Waals surface area contributed by atoms with Gasteiger partial charge in [-0.2, -0.15) is 5.10 Å². The third kappa shape index (κ3) is 5.21. The second-order valence-corrected chi connectivity index (χ2v) is 6.79. The molecule has 0 amide bonds. The number of nitrogens with zero attached hydrogens (tertiary/aromatic N) is 2. The number of nitrogens with one attached hydrogen (secondary N) is 2. The fourth-order valence-corrected chi connectivity index (χ4v) is 3.19. The molecule has 0 bridgehead atoms. The maximum absolute atomic E-state index is 14.6. The molecule has 3 rings (SSSR count). The number of rotatable bonds is 5. The molecule has 0 radical (unpaired) electrons. The van der Waals surface area contributed by atoms with Crippen molar-refractivity contribution in [1.82, 2.24) is 10.7 Å². The normalized spacial score (nSPS) is 17.3. The zero-order valence-corrected chi connectivity index (χ0v) is 15.5. The highest BCUT2D eigenvalue weighted by Gasteiger charge is 2.23. The highest BCUT2D eigenvalue weighted by molar-refractivity contribution is 7.80. The maximum atomic E-state index is 14.6. The van der Waals surface area contributed by atoms with Crippen LogP contribution in [-0.4, -0.2) is 37.0 Å². The topological polar surface area (TPSA) is 65.7 Å². The summed E-state index contributed by atoms with van der Waals surface area (Å²) in [5.74, 6) is -1.05. The van der Waals surface area contributed by atoms with Crippen LogP contribution in [0.1, 0.15) is 11.1 Å². The SMILES string of the molecule is NC(=S)N/N=C/c1cc(F)c(N2CCN[C@@H](Cc3ccccc3)C2)cc1F. The predicted molar refractivity (Wildman–Crippen MR) is 108 cm³/mol. The number of anilines is 1. The first-order chi connectivity index (χ1) is 13.0. The number of hydrogen-bond acceptors (Lipinski definition) is 4. The minimum absolute atomic E-state index is 0.0240. The molecule has 0 spiro atoms. The monoisotopic (exact) mass is 389 g/mol. The van der Waals surface area contributed by atoms with E-state index in [0.29, 0.717) is 19.6 Å². The average molecular weight is 389 g/mol. The lowest BCUT2D eigenvalue weighted by Gasteiger charge is -2.35. The summed E-state index contributed by atoms with van der Waals surface area (Å²) in [7, 11) is 0. The average Bonchev–Trinajstić information content (AvgIpc) is 2.65. The van der Waals surface area contributed by atoms with Crippen LogP contribution in [0.4, 0.5) is 14.5 Å². The van der Waals surface area contributed by atoms with Gasteiger partial charge >= 0.3 is 0 Å². The smallest absolute Gasteiger partial charge is 0.184 e. The number of nitrogens with two attached hydrogens (primary N) is 1. The molecule has 0 unspecified atom stereocenters. The Bertz CT molecular complexity index is 828. The molecule has 0 aliphatic carbocycles. The van der Waals surface area contributed by atoms with E-state index in [-0.39, 0.29) is 22.4 Å². The summed E-state index contributed by atoms with van der Waals surface area (Å²) in [6.07, 6.45) is 1.98. The molecule has 142 valence electrons. The summed E-state index contributed by atoms with van der Waals surface area (Å²) in [5.41, 5.74) is 9.05. The third-order valence-electron chi connectivity index (χ3n) is 4.37. The summed E-state index contributed by atoms with van der Waals surface area (Å²) in [5, 5.41) is 7.07. The van der Waals surface area contributed by atoms with Gasteiger partial charge in [-0.05, 0) is 30.3 Å². The number of piperazine rings is 1. The molecule has 1 heterocycles. The van der Waals surface area contributed by atoms with Gasteiger partial charge in [-0.3, -0.25) is 5.43 Å². The fourth-order valence-electron chi connectivity index (χ4n) is 3.14. The summed E-state index contributed by atoms with van der Waals surface area (Å²) in [6, 6.07) is 12.6. The van der Waals surface area contributed by atoms with Gasteiger partial charge in [0.1, 0.15) is 11.6 Å². The molecule has 8 heteroatoms. The lowest BCUT2D eigenvalue weighted by Crippen LogP contribution is -2.52. The molecule has 1 atom stereocenters. The van der Waals surface area contributed by atoms with Gasteiger partial charge in [0, 0.05) is 37.3 Å². The standard InChI is InChI=1S/C19H21F2N5S/c20-16-10-18(17(21)9-14(16)11-24-25-19(22)27)26-7-6-23-15(12-26)8-13-4-2-1-3-5-13/h1-5,9-11,15,23H,6-8,12H2,(H3,22,25,27)/b24-11+/t15-/m0/s1. The highest BCUT2D eigenvalue weighted by Crippen LogP contribution is 2.24. The van der Waals surface area contributed by atoms with E-state index >= 15 is 0 Å². The molecule has 1 saturated heterocycles. The second kappa shape index (κ2) is 8.88. The van der Waals surface area contributed by atoms with Crippen LogP contribution in [0.15, 0.2) is 47.6 Å². The first-order valence-corrected chi connectivity index (χ1v) is 9.03. The number of hydrogen-bond donors (Lipinski definition) is 3. The quantitative estimate of drug-likeness (QED) is 0.416. The van der Waals surface area contributed by atoms with Gasteiger partial charge in [-0.15, -0.1) is 0 Å². The summed E-state index contributed by atoms with van der Waals surface area (Å²) < 4.78 is 29.0. The Morgan fingerprint density at radius 1 is 1.30 bits per heavy atom. The van der Waals surface area contributed by atoms with Crippen LogP contribution < -0.4 is 21.4 Å². The van der Waals surface area contributed by atoms with Gasteiger partial charge in [0.05, 0.1) is 11.9 Å². The largest absolute Gasteiger partial charge is 0.375 e. The molecular formula is C19H21F2N5S. The van der Waals surface area contributed by atoms with E-state index in [4.69, 9.17) is 5.73 Å². The zero-order valence-electron chi connectivity index (χ0n) is 14.7. The molecule has 5 nitrogen and oxygen atoms in total. The lowest BCUT2D eigenvalue weighted by molar-refractivity contribution is 0.449. The van der Waals surface area contributed by atoms with Crippen molar-refractivity contribution in [3.63, 3.8) is 0 Å². The molecule has 4 N–H and O–H groups in total. The van der Waals surface area contributed by atoms with Crippen molar-refractivity contribution < 1.29 is 8.78 Å². The number of halogens is 2. The Morgan fingerprint density at radius 3 is 2.81 bits per heavy atom. The minimum Gasteiger partial charge on any atom is -0.375 e. The van der Waals surface area contributed by atoms with Crippen LogP contribution >= 0.6 is 12.2 Å². The molecule has 1 aliphatic heterocycles. The van der Waals surface area contributed by atoms with Crippen molar-refractivity contribution in [2.75, 3.05) is 24.5 Å². The molecular weight excluding hydrogens is 368 g/mol. The van der Waals surface area contributed by atoms with E-state index < -0.39 is 11.6 Å². The van der Waals surface area contributed by atoms with Crippen molar-refractivity contribution in [1.29, 1.82) is 0 Å². The molecule has 0 aromatic heterocycles. The number of benzene rings is 2. The molecule has 27 heavy (non-hydrogen) atoms. The van der Waals surface area contributed by atoms with Crippen molar-refractivity contribution >= 4 is 29.2 Å². The zero-order chi connectivity index (χ0) is 19.2. The van der Waals surface area contributed by atoms with Gasteiger partial charge in [-0.1, -0.05) is 30.3 Å². The van der Waals surface area contributed by atoms with Gasteiger partial charge in [0.15, 0.2) is 5.11 Å². The highest BCUT2D eigenvalue weighted by atomic mass is 32.1. The van der Waals surface area contributed by atoms with Crippen LogP contribution in [0.2, 0.25) is 0 Å². The molecule has 1 aliphatic rings. The first-order valence-electron chi connectivity index (χ1n) is 8.62. The summed E-state index contributed by atoms with van der Waals surface area (Å²) in [6.45, 7) is 1.92. The number of thiocarbonyl (C=S) groups is 1. The Kier molecular flexibility index (Phi) is 6.31. The lowest BCUT2D eigenvalue weighted by atomic mass is 10.0. The van der Waals surface area contributed by atoms with Gasteiger partial charge < -0.3 is 16.0 Å². The van der Waals surface area contributed by atoms with E-state index in [1.165, 1.54) is 11.6 Å². The van der Waals surface area contributed by atoms with E-state index in [1.807, 2.05) is 23.1 Å². The predicted octanol–water partition coefficient (Wildman–Crippen LogP) is 2.15. The molecule has 2 aromatic carbocycles. The van der Waals surface area contributed by atoms with Crippen LogP contribution in [-0.2, 0) is 6.42 Å². The van der Waals surface area contributed by atoms with Crippen LogP contribution in [0, 0.1) is 11.6 Å². The minimum atomic E-state index is -0.557. The van der Waals surface area contributed by atoms with Gasteiger partial charge in [-0.25, -0.2) is 8.78 Å². The van der Waals surface area contributed by atoms with E-state index in [2.05, 4.69) is 40.2 Å². The fraction of sp³-hybridized carbons (Fsp3) is 0.263. The van der Waals surface area contributed by atoms with E-state index in [9.17, 15) is 8.78 Å². The van der Waals surface area contributed by atoms with Crippen molar-refractivity contribution in [3.05, 3.63) is 65.2 Å². The first kappa shape index (κ1) is 19.2. The summed E-state index contributed by atoms with van der Waals surface area (Å²) in [4.78, 5) is 1.87. The number of hydrazone groups is 1. The van der Waals surface area contributed by atoms with Crippen molar-refractivity contribution in [2.24, 2.45) is 10.8 Å². The van der Waals surface area contributed by atoms with E-state index in [0.717, 1.165) is 18.7 Å². The second-order valence-electron chi connectivity index (χ2n) is 6.35. The third-order valence-corrected chi connectivity index (χ3v) is 4.46. The Balaban J connectivity index is 1.72. The van der Waals surface area contributed by atoms with Crippen LogP contribution in [0.5, 0.6) is 0 Å². The van der Waals surface area contributed by atoms with E-state index in [1.54, 1.807) is 0 Å². The van der Waals surface area contributed by atoms with Crippen LogP contribution in [0.25, 0.3) is 0 Å². The molecule has 2 aromatic rings. The Hall–Kier alpha value is -2.58. The van der Waals surface area contributed by atoms with Gasteiger partial charge in [0.2, 0.25) is 0 Å².